The molecule has 108 valence electrons. The minimum atomic E-state index is -2.82. The molecular weight excluding hydrogens is 323 g/mol. The Morgan fingerprint density at radius 3 is 1.57 bits per heavy atom. The van der Waals surface area contributed by atoms with E-state index in [1.54, 1.807) is 14.2 Å². The largest absolute Gasteiger partial charge is 0.407 e. The Kier molecular flexibility index (Phi) is 3.95. The maximum Gasteiger partial charge on any atom is 0.407 e. The Labute approximate surface area is 135 Å². The van der Waals surface area contributed by atoms with E-state index < -0.39 is 8.56 Å². The minimum absolute atomic E-state index is 0.665. The first-order valence-corrected chi connectivity index (χ1v) is 9.06. The smallest absolute Gasteiger partial charge is 0.391 e. The molecule has 0 saturated carbocycles. The van der Waals surface area contributed by atoms with E-state index in [0.717, 1.165) is 21.5 Å². The lowest BCUT2D eigenvalue weighted by atomic mass is 10.1. The Balaban J connectivity index is 2.38. The van der Waals surface area contributed by atoms with Crippen LogP contribution in [0.5, 0.6) is 0 Å². The SMILES string of the molecule is CO[Si]1(OC)c2cc(Cl)ccc2C=Cc2ccc(Cl)cc21. The highest BCUT2D eigenvalue weighted by Gasteiger charge is 2.44. The third-order valence-electron chi connectivity index (χ3n) is 3.76. The second-order valence-corrected chi connectivity index (χ2v) is 8.82. The molecule has 5 heteroatoms. The van der Waals surface area contributed by atoms with Crippen LogP contribution in [0.1, 0.15) is 11.1 Å². The van der Waals surface area contributed by atoms with Crippen molar-refractivity contribution in [2.45, 2.75) is 0 Å². The number of hydrogen-bond acceptors (Lipinski definition) is 2. The van der Waals surface area contributed by atoms with Crippen LogP contribution in [0.15, 0.2) is 36.4 Å². The normalized spacial score (nSPS) is 15.2. The third-order valence-corrected chi connectivity index (χ3v) is 7.66. The molecule has 21 heavy (non-hydrogen) atoms. The average molecular weight is 337 g/mol. The summed E-state index contributed by atoms with van der Waals surface area (Å²) in [5.41, 5.74) is 2.11. The van der Waals surface area contributed by atoms with Crippen LogP contribution >= 0.6 is 23.2 Å². The first-order chi connectivity index (χ1) is 10.1. The molecule has 0 saturated heterocycles. The molecule has 2 aromatic rings. The van der Waals surface area contributed by atoms with Gasteiger partial charge in [0, 0.05) is 34.6 Å². The van der Waals surface area contributed by atoms with Crippen molar-refractivity contribution < 1.29 is 8.85 Å². The second-order valence-electron chi connectivity index (χ2n) is 4.82. The zero-order valence-electron chi connectivity index (χ0n) is 11.7. The molecule has 1 heterocycles. The molecule has 1 aliphatic heterocycles. The van der Waals surface area contributed by atoms with Crippen LogP contribution in [0.2, 0.25) is 10.0 Å². The highest BCUT2D eigenvalue weighted by atomic mass is 35.5. The van der Waals surface area contributed by atoms with Gasteiger partial charge in [0.25, 0.3) is 0 Å². The first kappa shape index (κ1) is 14.8. The predicted octanol–water partition coefficient (Wildman–Crippen LogP) is 3.33. The molecule has 0 atom stereocenters. The van der Waals surface area contributed by atoms with Gasteiger partial charge in [0.1, 0.15) is 0 Å². The van der Waals surface area contributed by atoms with Crippen molar-refractivity contribution in [1.29, 1.82) is 0 Å². The summed E-state index contributed by atoms with van der Waals surface area (Å²) in [6.07, 6.45) is 4.12. The molecular formula is C16H14Cl2O2Si. The van der Waals surface area contributed by atoms with Gasteiger partial charge in [-0.1, -0.05) is 47.5 Å². The van der Waals surface area contributed by atoms with Gasteiger partial charge in [-0.2, -0.15) is 0 Å². The van der Waals surface area contributed by atoms with E-state index in [1.807, 2.05) is 36.4 Å². The Hall–Kier alpha value is -1.10. The van der Waals surface area contributed by atoms with E-state index in [9.17, 15) is 0 Å². The van der Waals surface area contributed by atoms with Gasteiger partial charge in [-0.3, -0.25) is 0 Å². The zero-order chi connectivity index (χ0) is 15.0. The molecule has 0 aromatic heterocycles. The van der Waals surface area contributed by atoms with E-state index in [1.165, 1.54) is 0 Å². The van der Waals surface area contributed by atoms with Gasteiger partial charge in [-0.15, -0.1) is 0 Å². The van der Waals surface area contributed by atoms with Gasteiger partial charge in [-0.25, -0.2) is 0 Å². The lowest BCUT2D eigenvalue weighted by Crippen LogP contribution is -2.63. The fourth-order valence-corrected chi connectivity index (χ4v) is 6.41. The molecule has 0 amide bonds. The molecule has 2 nitrogen and oxygen atoms in total. The molecule has 2 aromatic carbocycles. The Morgan fingerprint density at radius 1 is 0.762 bits per heavy atom. The molecule has 0 radical (unpaired) electrons. The number of fused-ring (bicyclic) bond motifs is 2. The number of benzene rings is 2. The van der Waals surface area contributed by atoms with Gasteiger partial charge in [0.15, 0.2) is 0 Å². The molecule has 0 N–H and O–H groups in total. The van der Waals surface area contributed by atoms with Crippen molar-refractivity contribution in [3.8, 4) is 0 Å². The summed E-state index contributed by atoms with van der Waals surface area (Å²) in [4.78, 5) is 0. The summed E-state index contributed by atoms with van der Waals surface area (Å²) in [6.45, 7) is 0. The summed E-state index contributed by atoms with van der Waals surface area (Å²) in [6, 6.07) is 11.6. The van der Waals surface area contributed by atoms with Crippen molar-refractivity contribution in [3.05, 3.63) is 57.6 Å². The maximum absolute atomic E-state index is 6.19. The summed E-state index contributed by atoms with van der Waals surface area (Å²) >= 11 is 12.4. The van der Waals surface area contributed by atoms with Crippen molar-refractivity contribution in [3.63, 3.8) is 0 Å². The van der Waals surface area contributed by atoms with E-state index in [2.05, 4.69) is 12.2 Å². The fraction of sp³-hybridized carbons (Fsp3) is 0.125. The van der Waals surface area contributed by atoms with Crippen molar-refractivity contribution in [2.75, 3.05) is 14.2 Å². The van der Waals surface area contributed by atoms with Crippen molar-refractivity contribution >= 4 is 54.3 Å². The zero-order valence-corrected chi connectivity index (χ0v) is 14.2. The average Bonchev–Trinajstić information content (AvgIpc) is 2.62. The topological polar surface area (TPSA) is 18.5 Å². The summed E-state index contributed by atoms with van der Waals surface area (Å²) < 4.78 is 11.9. The third kappa shape index (κ3) is 2.35. The highest BCUT2D eigenvalue weighted by molar-refractivity contribution is 6.93. The minimum Gasteiger partial charge on any atom is -0.391 e. The van der Waals surface area contributed by atoms with Crippen LogP contribution in [0.4, 0.5) is 0 Å². The van der Waals surface area contributed by atoms with Gasteiger partial charge >= 0.3 is 8.56 Å². The van der Waals surface area contributed by atoms with E-state index >= 15 is 0 Å². The lowest BCUT2D eigenvalue weighted by Gasteiger charge is -2.29. The van der Waals surface area contributed by atoms with Crippen LogP contribution in [0, 0.1) is 0 Å². The first-order valence-electron chi connectivity index (χ1n) is 6.49. The molecule has 3 rings (SSSR count). The standard InChI is InChI=1S/C16H14Cl2O2Si/c1-19-21(20-2)15-9-13(17)7-5-11(15)3-4-12-6-8-14(18)10-16(12)21/h3-10H,1-2H3. The van der Waals surface area contributed by atoms with Gasteiger partial charge in [0.05, 0.1) is 0 Å². The number of rotatable bonds is 2. The van der Waals surface area contributed by atoms with E-state index in [-0.39, 0.29) is 0 Å². The molecule has 1 aliphatic rings. The van der Waals surface area contributed by atoms with Crippen LogP contribution < -0.4 is 10.4 Å². The van der Waals surface area contributed by atoms with Crippen LogP contribution in [-0.4, -0.2) is 22.8 Å². The van der Waals surface area contributed by atoms with Gasteiger partial charge in [0.2, 0.25) is 0 Å². The number of hydrogen-bond donors (Lipinski definition) is 0. The molecule has 0 aliphatic carbocycles. The van der Waals surface area contributed by atoms with Crippen LogP contribution in [-0.2, 0) is 8.85 Å². The summed E-state index contributed by atoms with van der Waals surface area (Å²) in [5.74, 6) is 0. The summed E-state index contributed by atoms with van der Waals surface area (Å²) in [5, 5.41) is 3.33. The second kappa shape index (κ2) is 5.59. The number of halogens is 2. The molecule has 0 bridgehead atoms. The monoisotopic (exact) mass is 336 g/mol. The van der Waals surface area contributed by atoms with Crippen LogP contribution in [0.3, 0.4) is 0 Å². The van der Waals surface area contributed by atoms with E-state index in [0.29, 0.717) is 10.0 Å². The van der Waals surface area contributed by atoms with Crippen molar-refractivity contribution in [2.24, 2.45) is 0 Å². The molecule has 0 unspecified atom stereocenters. The van der Waals surface area contributed by atoms with E-state index in [4.69, 9.17) is 32.1 Å². The lowest BCUT2D eigenvalue weighted by molar-refractivity contribution is 0.272. The maximum atomic E-state index is 6.19. The molecule has 0 spiro atoms. The van der Waals surface area contributed by atoms with Gasteiger partial charge in [-0.05, 0) is 35.4 Å². The van der Waals surface area contributed by atoms with Crippen molar-refractivity contribution in [1.82, 2.24) is 0 Å². The highest BCUT2D eigenvalue weighted by Crippen LogP contribution is 2.23. The molecule has 0 fully saturated rings. The Morgan fingerprint density at radius 2 is 1.19 bits per heavy atom. The predicted molar refractivity (Wildman–Crippen MR) is 90.9 cm³/mol. The fourth-order valence-electron chi connectivity index (χ4n) is 2.77. The van der Waals surface area contributed by atoms with Crippen LogP contribution in [0.25, 0.3) is 12.2 Å². The van der Waals surface area contributed by atoms with Gasteiger partial charge < -0.3 is 8.85 Å². The summed E-state index contributed by atoms with van der Waals surface area (Å²) in [7, 11) is 0.538. The Bertz CT molecular complexity index is 667. The quantitative estimate of drug-likeness (QED) is 0.783.